The molecule has 0 aromatic heterocycles. The van der Waals surface area contributed by atoms with Crippen molar-refractivity contribution in [2.75, 3.05) is 18.4 Å². The summed E-state index contributed by atoms with van der Waals surface area (Å²) in [6.45, 7) is 0.364. The number of carbonyl (C=O) groups is 4. The van der Waals surface area contributed by atoms with E-state index >= 15 is 0 Å². The third kappa shape index (κ3) is 7.34. The molecule has 0 aliphatic heterocycles. The number of rotatable bonds is 10. The van der Waals surface area contributed by atoms with Crippen LogP contribution >= 0.6 is 0 Å². The lowest BCUT2D eigenvalue weighted by Crippen LogP contribution is -2.29. The predicted octanol–water partition coefficient (Wildman–Crippen LogP) is 1.58. The fourth-order valence-corrected chi connectivity index (χ4v) is 2.55. The summed E-state index contributed by atoms with van der Waals surface area (Å²) < 4.78 is 12.9. The van der Waals surface area contributed by atoms with Crippen LogP contribution in [0.1, 0.15) is 40.0 Å². The molecule has 2 rings (SSSR count). The minimum Gasteiger partial charge on any atom is -0.370 e. The molecule has 0 saturated heterocycles. The van der Waals surface area contributed by atoms with E-state index in [4.69, 9.17) is 5.73 Å². The van der Waals surface area contributed by atoms with Gasteiger partial charge in [-0.1, -0.05) is 12.1 Å². The van der Waals surface area contributed by atoms with Gasteiger partial charge >= 0.3 is 0 Å². The van der Waals surface area contributed by atoms with Crippen molar-refractivity contribution in [1.29, 1.82) is 0 Å². The van der Waals surface area contributed by atoms with Gasteiger partial charge in [0.15, 0.2) is 0 Å². The van der Waals surface area contributed by atoms with Gasteiger partial charge in [-0.3, -0.25) is 19.2 Å². The maximum Gasteiger partial charge on any atom is 0.253 e. The highest BCUT2D eigenvalue weighted by molar-refractivity contribution is 6.03. The van der Waals surface area contributed by atoms with E-state index in [9.17, 15) is 23.6 Å². The zero-order valence-electron chi connectivity index (χ0n) is 16.2. The molecule has 5 N–H and O–H groups in total. The second-order valence-corrected chi connectivity index (χ2v) is 6.43. The van der Waals surface area contributed by atoms with Gasteiger partial charge in [-0.05, 0) is 42.8 Å². The fraction of sp³-hybridized carbons (Fsp3) is 0.238. The first-order valence-corrected chi connectivity index (χ1v) is 9.36. The van der Waals surface area contributed by atoms with Crippen LogP contribution in [0.25, 0.3) is 0 Å². The van der Waals surface area contributed by atoms with Gasteiger partial charge in [0.2, 0.25) is 11.8 Å². The first kappa shape index (κ1) is 22.5. The molecular formula is C21H23FN4O4. The average Bonchev–Trinajstić information content (AvgIpc) is 2.71. The summed E-state index contributed by atoms with van der Waals surface area (Å²) in [7, 11) is 0. The molecule has 9 heteroatoms. The zero-order valence-corrected chi connectivity index (χ0v) is 16.2. The van der Waals surface area contributed by atoms with Crippen LogP contribution in [0.5, 0.6) is 0 Å². The van der Waals surface area contributed by atoms with Crippen LogP contribution in [0.4, 0.5) is 10.1 Å². The highest BCUT2D eigenvalue weighted by Gasteiger charge is 2.13. The molecule has 0 unspecified atom stereocenters. The topological polar surface area (TPSA) is 130 Å². The monoisotopic (exact) mass is 414 g/mol. The van der Waals surface area contributed by atoms with Crippen molar-refractivity contribution in [2.24, 2.45) is 5.73 Å². The van der Waals surface area contributed by atoms with E-state index in [1.807, 2.05) is 0 Å². The van der Waals surface area contributed by atoms with E-state index in [0.717, 1.165) is 0 Å². The molecule has 0 aliphatic rings. The number of hydrogen-bond acceptors (Lipinski definition) is 4. The van der Waals surface area contributed by atoms with Gasteiger partial charge in [0.25, 0.3) is 11.8 Å². The Hall–Kier alpha value is -3.75. The number of halogens is 1. The Labute approximate surface area is 173 Å². The van der Waals surface area contributed by atoms with E-state index in [-0.39, 0.29) is 43.3 Å². The minimum atomic E-state index is -0.525. The maximum atomic E-state index is 12.9. The summed E-state index contributed by atoms with van der Waals surface area (Å²) in [5.74, 6) is -2.05. The smallest absolute Gasteiger partial charge is 0.253 e. The van der Waals surface area contributed by atoms with Gasteiger partial charge in [0, 0.05) is 31.5 Å². The number of benzene rings is 2. The molecule has 158 valence electrons. The molecule has 2 aromatic carbocycles. The second-order valence-electron chi connectivity index (χ2n) is 6.43. The molecule has 0 atom stereocenters. The standard InChI is InChI=1S/C21H23FN4O4/c22-15-9-7-14(8-10-15)20(29)24-12-3-6-19(28)26-17-5-2-1-4-16(17)21(30)25-13-11-18(23)27/h1-2,4-5,7-10H,3,6,11-13H2,(H2,23,27)(H,24,29)(H,25,30)(H,26,28). The molecule has 0 aliphatic carbocycles. The maximum absolute atomic E-state index is 12.9. The van der Waals surface area contributed by atoms with Gasteiger partial charge in [-0.15, -0.1) is 0 Å². The van der Waals surface area contributed by atoms with Gasteiger partial charge in [0.05, 0.1) is 11.3 Å². The molecule has 0 fully saturated rings. The quantitative estimate of drug-likeness (QED) is 0.440. The number of nitrogens with one attached hydrogen (secondary N) is 3. The largest absolute Gasteiger partial charge is 0.370 e. The van der Waals surface area contributed by atoms with E-state index < -0.39 is 17.6 Å². The molecule has 0 heterocycles. The lowest BCUT2D eigenvalue weighted by Gasteiger charge is -2.11. The summed E-state index contributed by atoms with van der Waals surface area (Å²) in [6, 6.07) is 11.6. The predicted molar refractivity (Wildman–Crippen MR) is 109 cm³/mol. The van der Waals surface area contributed by atoms with E-state index in [2.05, 4.69) is 16.0 Å². The summed E-state index contributed by atoms with van der Waals surface area (Å²) >= 11 is 0. The van der Waals surface area contributed by atoms with Crippen molar-refractivity contribution in [3.8, 4) is 0 Å². The van der Waals surface area contributed by atoms with Crippen molar-refractivity contribution >= 4 is 29.3 Å². The highest BCUT2D eigenvalue weighted by atomic mass is 19.1. The van der Waals surface area contributed by atoms with Crippen molar-refractivity contribution in [3.05, 3.63) is 65.5 Å². The first-order chi connectivity index (χ1) is 14.4. The number of primary amides is 1. The summed E-state index contributed by atoms with van der Waals surface area (Å²) in [5, 5.41) is 7.89. The van der Waals surface area contributed by atoms with Crippen molar-refractivity contribution in [1.82, 2.24) is 10.6 Å². The highest BCUT2D eigenvalue weighted by Crippen LogP contribution is 2.15. The van der Waals surface area contributed by atoms with Crippen LogP contribution in [-0.2, 0) is 9.59 Å². The number of amides is 4. The minimum absolute atomic E-state index is 0.0178. The lowest BCUT2D eigenvalue weighted by atomic mass is 10.1. The lowest BCUT2D eigenvalue weighted by molar-refractivity contribution is -0.118. The number of carbonyl (C=O) groups excluding carboxylic acids is 4. The molecule has 8 nitrogen and oxygen atoms in total. The first-order valence-electron chi connectivity index (χ1n) is 9.36. The Balaban J connectivity index is 1.79. The fourth-order valence-electron chi connectivity index (χ4n) is 2.55. The Bertz CT molecular complexity index is 915. The number of hydrogen-bond donors (Lipinski definition) is 4. The van der Waals surface area contributed by atoms with Crippen LogP contribution in [0.15, 0.2) is 48.5 Å². The molecule has 0 spiro atoms. The number of para-hydroxylation sites is 1. The van der Waals surface area contributed by atoms with Gasteiger partial charge < -0.3 is 21.7 Å². The molecule has 30 heavy (non-hydrogen) atoms. The van der Waals surface area contributed by atoms with Crippen LogP contribution in [0.3, 0.4) is 0 Å². The van der Waals surface area contributed by atoms with E-state index in [1.54, 1.807) is 24.3 Å². The third-order valence-electron chi connectivity index (χ3n) is 4.08. The number of anilines is 1. The van der Waals surface area contributed by atoms with Crippen molar-refractivity contribution < 1.29 is 23.6 Å². The number of nitrogens with two attached hydrogens (primary N) is 1. The van der Waals surface area contributed by atoms with E-state index in [1.165, 1.54) is 24.3 Å². The van der Waals surface area contributed by atoms with Crippen LogP contribution in [0, 0.1) is 5.82 Å². The van der Waals surface area contributed by atoms with Gasteiger partial charge in [-0.2, -0.15) is 0 Å². The van der Waals surface area contributed by atoms with Crippen molar-refractivity contribution in [3.63, 3.8) is 0 Å². The Morgan fingerprint density at radius 3 is 2.20 bits per heavy atom. The molecule has 0 bridgehead atoms. The summed E-state index contributed by atoms with van der Waals surface area (Å²) in [4.78, 5) is 47.1. The molecular weight excluding hydrogens is 391 g/mol. The normalized spacial score (nSPS) is 10.2. The van der Waals surface area contributed by atoms with Crippen LogP contribution in [-0.4, -0.2) is 36.7 Å². The molecule has 0 saturated carbocycles. The molecule has 0 radical (unpaired) electrons. The van der Waals surface area contributed by atoms with Crippen LogP contribution in [0.2, 0.25) is 0 Å². The second kappa shape index (κ2) is 11.3. The van der Waals surface area contributed by atoms with Crippen molar-refractivity contribution in [2.45, 2.75) is 19.3 Å². The third-order valence-corrected chi connectivity index (χ3v) is 4.08. The zero-order chi connectivity index (χ0) is 21.9. The Kier molecular flexibility index (Phi) is 8.49. The van der Waals surface area contributed by atoms with Gasteiger partial charge in [0.1, 0.15) is 5.82 Å². The van der Waals surface area contributed by atoms with Crippen LogP contribution < -0.4 is 21.7 Å². The van der Waals surface area contributed by atoms with Gasteiger partial charge in [-0.25, -0.2) is 4.39 Å². The summed E-state index contributed by atoms with van der Waals surface area (Å²) in [6.07, 6.45) is 0.525. The summed E-state index contributed by atoms with van der Waals surface area (Å²) in [5.41, 5.74) is 5.98. The van der Waals surface area contributed by atoms with E-state index in [0.29, 0.717) is 17.7 Å². The molecule has 4 amide bonds. The molecule has 2 aromatic rings. The Morgan fingerprint density at radius 1 is 0.833 bits per heavy atom. The SMILES string of the molecule is NC(=O)CCNC(=O)c1ccccc1NC(=O)CCCNC(=O)c1ccc(F)cc1. The average molecular weight is 414 g/mol. The Morgan fingerprint density at radius 2 is 1.50 bits per heavy atom.